The Labute approximate surface area is 148 Å². The number of aromatic nitrogens is 2. The second-order valence-electron chi connectivity index (χ2n) is 5.90. The third-order valence-corrected chi connectivity index (χ3v) is 3.95. The lowest BCUT2D eigenvalue weighted by atomic mass is 10.1. The van der Waals surface area contributed by atoms with Gasteiger partial charge in [-0.3, -0.25) is 4.40 Å². The van der Waals surface area contributed by atoms with E-state index in [4.69, 9.17) is 0 Å². The molecule has 4 rings (SSSR count). The Bertz CT molecular complexity index is 1100. The van der Waals surface area contributed by atoms with Gasteiger partial charge in [0.25, 0.3) is 0 Å². The quantitative estimate of drug-likeness (QED) is 0.418. The van der Waals surface area contributed by atoms with Gasteiger partial charge in [0.15, 0.2) is 5.82 Å². The molecule has 4 aromatic rings. The fourth-order valence-electron chi connectivity index (χ4n) is 2.65. The molecular formula is C20H14F2N4. The number of aryl methyl sites for hydroxylation is 1. The maximum atomic E-state index is 13.3. The van der Waals surface area contributed by atoms with Crippen molar-refractivity contribution in [2.24, 2.45) is 10.2 Å². The predicted octanol–water partition coefficient (Wildman–Crippen LogP) is 6.00. The van der Waals surface area contributed by atoms with Crippen LogP contribution in [0.15, 0.2) is 77.1 Å². The minimum absolute atomic E-state index is 0.317. The predicted molar refractivity (Wildman–Crippen MR) is 95.9 cm³/mol. The van der Waals surface area contributed by atoms with Crippen molar-refractivity contribution in [1.29, 1.82) is 0 Å². The van der Waals surface area contributed by atoms with E-state index in [0.29, 0.717) is 22.8 Å². The van der Waals surface area contributed by atoms with Gasteiger partial charge < -0.3 is 0 Å². The third kappa shape index (κ3) is 3.09. The summed E-state index contributed by atoms with van der Waals surface area (Å²) in [5.74, 6) is -0.121. The molecule has 0 fully saturated rings. The van der Waals surface area contributed by atoms with Gasteiger partial charge in [-0.05, 0) is 67.1 Å². The minimum Gasteiger partial charge on any atom is -0.282 e. The van der Waals surface area contributed by atoms with Gasteiger partial charge >= 0.3 is 0 Å². The van der Waals surface area contributed by atoms with E-state index in [9.17, 15) is 8.78 Å². The van der Waals surface area contributed by atoms with E-state index in [1.807, 2.05) is 29.7 Å². The van der Waals surface area contributed by atoms with Gasteiger partial charge in [0.05, 0.1) is 5.69 Å². The molecule has 4 nitrogen and oxygen atoms in total. The summed E-state index contributed by atoms with van der Waals surface area (Å²) in [5.41, 5.74) is 3.61. The Morgan fingerprint density at radius 3 is 2.15 bits per heavy atom. The number of nitrogens with zero attached hydrogens (tertiary/aromatic N) is 4. The fraction of sp³-hybridized carbons (Fsp3) is 0.0500. The molecule has 0 radical (unpaired) electrons. The zero-order chi connectivity index (χ0) is 18.1. The summed E-state index contributed by atoms with van der Waals surface area (Å²) in [6.07, 6.45) is 1.91. The smallest absolute Gasteiger partial charge is 0.187 e. The first-order valence-corrected chi connectivity index (χ1v) is 8.02. The summed E-state index contributed by atoms with van der Waals surface area (Å²) in [6, 6.07) is 15.7. The van der Waals surface area contributed by atoms with Gasteiger partial charge in [0.1, 0.15) is 23.0 Å². The molecule has 0 atom stereocenters. The van der Waals surface area contributed by atoms with E-state index < -0.39 is 0 Å². The van der Waals surface area contributed by atoms with E-state index in [0.717, 1.165) is 11.1 Å². The van der Waals surface area contributed by atoms with E-state index >= 15 is 0 Å². The Kier molecular flexibility index (Phi) is 4.01. The lowest BCUT2D eigenvalue weighted by Crippen LogP contribution is -1.85. The topological polar surface area (TPSA) is 42.0 Å². The van der Waals surface area contributed by atoms with Crippen LogP contribution in [-0.4, -0.2) is 9.38 Å². The summed E-state index contributed by atoms with van der Waals surface area (Å²) in [6.45, 7) is 1.97. The number of benzene rings is 2. The van der Waals surface area contributed by atoms with Gasteiger partial charge in [-0.2, -0.15) is 0 Å². The van der Waals surface area contributed by atoms with Crippen LogP contribution in [0.5, 0.6) is 0 Å². The van der Waals surface area contributed by atoms with Crippen molar-refractivity contribution in [2.75, 3.05) is 0 Å². The molecule has 0 aliphatic rings. The van der Waals surface area contributed by atoms with Crippen LogP contribution < -0.4 is 0 Å². The van der Waals surface area contributed by atoms with Crippen LogP contribution in [0.1, 0.15) is 5.56 Å². The fourth-order valence-corrected chi connectivity index (χ4v) is 2.65. The van der Waals surface area contributed by atoms with Crippen LogP contribution in [0.3, 0.4) is 0 Å². The molecule has 0 saturated heterocycles. The first-order chi connectivity index (χ1) is 12.6. The summed E-state index contributed by atoms with van der Waals surface area (Å²) in [5, 5.41) is 8.54. The highest BCUT2D eigenvalue weighted by atomic mass is 19.1. The molecule has 0 saturated carbocycles. The van der Waals surface area contributed by atoms with Gasteiger partial charge in [0.2, 0.25) is 0 Å². The Morgan fingerprint density at radius 2 is 1.46 bits per heavy atom. The second-order valence-corrected chi connectivity index (χ2v) is 5.90. The lowest BCUT2D eigenvalue weighted by Gasteiger charge is -2.01. The largest absolute Gasteiger partial charge is 0.282 e. The molecule has 2 heterocycles. The van der Waals surface area contributed by atoms with Gasteiger partial charge in [-0.1, -0.05) is 6.07 Å². The van der Waals surface area contributed by atoms with E-state index in [1.54, 1.807) is 24.3 Å². The van der Waals surface area contributed by atoms with E-state index in [1.165, 1.54) is 24.3 Å². The molecule has 0 bridgehead atoms. The first kappa shape index (κ1) is 16.1. The molecule has 0 aliphatic heterocycles. The Hall–Kier alpha value is -3.41. The first-order valence-electron chi connectivity index (χ1n) is 8.02. The highest BCUT2D eigenvalue weighted by Gasteiger charge is 2.14. The van der Waals surface area contributed by atoms with Crippen molar-refractivity contribution >= 4 is 17.2 Å². The molecule has 0 amide bonds. The van der Waals surface area contributed by atoms with Crippen LogP contribution in [-0.2, 0) is 0 Å². The van der Waals surface area contributed by atoms with Crippen molar-refractivity contribution in [3.63, 3.8) is 0 Å². The Morgan fingerprint density at radius 1 is 0.808 bits per heavy atom. The number of rotatable bonds is 3. The lowest BCUT2D eigenvalue weighted by molar-refractivity contribution is 0.627. The third-order valence-electron chi connectivity index (χ3n) is 3.95. The highest BCUT2D eigenvalue weighted by Crippen LogP contribution is 2.32. The van der Waals surface area contributed by atoms with E-state index in [2.05, 4.69) is 15.2 Å². The van der Waals surface area contributed by atoms with Gasteiger partial charge in [-0.15, -0.1) is 10.2 Å². The maximum absolute atomic E-state index is 13.3. The zero-order valence-corrected chi connectivity index (χ0v) is 13.9. The number of hydrogen-bond acceptors (Lipinski definition) is 3. The molecular weight excluding hydrogens is 334 g/mol. The zero-order valence-electron chi connectivity index (χ0n) is 13.9. The molecule has 0 unspecified atom stereocenters. The number of fused-ring (bicyclic) bond motifs is 1. The molecule has 2 aromatic heterocycles. The number of imidazole rings is 1. The van der Waals surface area contributed by atoms with Crippen LogP contribution in [0.4, 0.5) is 20.3 Å². The van der Waals surface area contributed by atoms with Gasteiger partial charge in [-0.25, -0.2) is 13.8 Å². The maximum Gasteiger partial charge on any atom is 0.187 e. The molecule has 128 valence electrons. The normalized spacial score (nSPS) is 11.5. The number of pyridine rings is 1. The molecule has 26 heavy (non-hydrogen) atoms. The van der Waals surface area contributed by atoms with Crippen LogP contribution >= 0.6 is 0 Å². The van der Waals surface area contributed by atoms with Crippen molar-refractivity contribution < 1.29 is 8.78 Å². The average molecular weight is 348 g/mol. The standard InChI is InChI=1S/C20H14F2N4/c1-13-2-11-18-23-19(14-3-5-15(21)6-4-14)20(26(18)12-13)25-24-17-9-7-16(22)8-10-17/h2-12H,1H3. The molecule has 0 aliphatic carbocycles. The highest BCUT2D eigenvalue weighted by molar-refractivity contribution is 5.74. The van der Waals surface area contributed by atoms with Crippen molar-refractivity contribution in [3.05, 3.63) is 84.1 Å². The summed E-state index contributed by atoms with van der Waals surface area (Å²) in [7, 11) is 0. The molecule has 0 N–H and O–H groups in total. The van der Waals surface area contributed by atoms with E-state index in [-0.39, 0.29) is 11.6 Å². The number of halogens is 2. The average Bonchev–Trinajstić information content (AvgIpc) is 2.99. The molecule has 0 spiro atoms. The number of hydrogen-bond donors (Lipinski definition) is 0. The number of azo groups is 1. The van der Waals surface area contributed by atoms with Gasteiger partial charge in [0, 0.05) is 11.8 Å². The Balaban J connectivity index is 1.87. The molecule has 6 heteroatoms. The monoisotopic (exact) mass is 348 g/mol. The minimum atomic E-state index is -0.332. The summed E-state index contributed by atoms with van der Waals surface area (Å²) < 4.78 is 28.2. The second kappa shape index (κ2) is 6.48. The summed E-state index contributed by atoms with van der Waals surface area (Å²) in [4.78, 5) is 4.61. The van der Waals surface area contributed by atoms with Crippen LogP contribution in [0.25, 0.3) is 16.9 Å². The molecule has 2 aromatic carbocycles. The summed E-state index contributed by atoms with van der Waals surface area (Å²) >= 11 is 0. The van der Waals surface area contributed by atoms with Crippen molar-refractivity contribution in [2.45, 2.75) is 6.92 Å². The van der Waals surface area contributed by atoms with Crippen LogP contribution in [0, 0.1) is 18.6 Å². The van der Waals surface area contributed by atoms with Crippen molar-refractivity contribution in [1.82, 2.24) is 9.38 Å². The van der Waals surface area contributed by atoms with Crippen molar-refractivity contribution in [3.8, 4) is 11.3 Å². The van der Waals surface area contributed by atoms with Crippen LogP contribution in [0.2, 0.25) is 0 Å². The SMILES string of the molecule is Cc1ccc2nc(-c3ccc(F)cc3)c(N=Nc3ccc(F)cc3)n2c1.